The van der Waals surface area contributed by atoms with Gasteiger partial charge >= 0.3 is 5.97 Å². The summed E-state index contributed by atoms with van der Waals surface area (Å²) in [6.45, 7) is 2.10. The van der Waals surface area contributed by atoms with E-state index in [4.69, 9.17) is 9.72 Å². The van der Waals surface area contributed by atoms with Gasteiger partial charge in [-0.25, -0.2) is 15.0 Å². The lowest BCUT2D eigenvalue weighted by Crippen LogP contribution is -2.14. The van der Waals surface area contributed by atoms with E-state index in [0.29, 0.717) is 23.4 Å². The number of carbonyl (C=O) groups excluding carboxylic acids is 2. The van der Waals surface area contributed by atoms with Gasteiger partial charge in [0.1, 0.15) is 10.9 Å². The number of nitrogens with zero attached hydrogens (tertiary/aromatic N) is 3. The van der Waals surface area contributed by atoms with Crippen molar-refractivity contribution < 1.29 is 14.3 Å². The smallest absolute Gasteiger partial charge is 0.311 e. The molecule has 0 saturated heterocycles. The molecule has 29 heavy (non-hydrogen) atoms. The maximum absolute atomic E-state index is 12.4. The van der Waals surface area contributed by atoms with E-state index in [2.05, 4.69) is 15.3 Å². The Morgan fingerprint density at radius 3 is 2.86 bits per heavy atom. The highest BCUT2D eigenvalue weighted by atomic mass is 32.2. The molecule has 0 aliphatic heterocycles. The first-order valence-corrected chi connectivity index (χ1v) is 11.3. The van der Waals surface area contributed by atoms with Gasteiger partial charge in [0.15, 0.2) is 5.13 Å². The highest BCUT2D eigenvalue weighted by Crippen LogP contribution is 2.39. The van der Waals surface area contributed by atoms with Crippen LogP contribution >= 0.6 is 23.1 Å². The Hall–Kier alpha value is -2.52. The van der Waals surface area contributed by atoms with Crippen LogP contribution in [0.25, 0.3) is 10.9 Å². The third-order valence-electron chi connectivity index (χ3n) is 4.30. The molecule has 9 heteroatoms. The highest BCUT2D eigenvalue weighted by Gasteiger charge is 2.27. The summed E-state index contributed by atoms with van der Waals surface area (Å²) in [5, 5.41) is 6.80. The molecule has 0 bridgehead atoms. The molecule has 150 valence electrons. The number of amides is 1. The fourth-order valence-electron chi connectivity index (χ4n) is 2.79. The van der Waals surface area contributed by atoms with Crippen LogP contribution in [0.15, 0.2) is 34.7 Å². The van der Waals surface area contributed by atoms with Gasteiger partial charge in [-0.3, -0.25) is 9.59 Å². The number of carbonyl (C=O) groups is 2. The van der Waals surface area contributed by atoms with Crippen molar-refractivity contribution in [3.8, 4) is 0 Å². The van der Waals surface area contributed by atoms with Crippen molar-refractivity contribution in [2.24, 2.45) is 0 Å². The van der Waals surface area contributed by atoms with E-state index >= 15 is 0 Å². The summed E-state index contributed by atoms with van der Waals surface area (Å²) in [7, 11) is 0. The van der Waals surface area contributed by atoms with E-state index < -0.39 is 0 Å². The number of hydrogen-bond acceptors (Lipinski definition) is 8. The molecule has 1 N–H and O–H groups in total. The fraction of sp³-hybridized carbons (Fsp3) is 0.350. The Balaban J connectivity index is 1.39. The Labute approximate surface area is 176 Å². The number of anilines is 1. The standard InChI is InChI=1S/C20H20N4O3S2/c1-2-27-17(26)9-13-10-29-20(21-13)23-16(25)11-28-19-14-5-3-4-6-15(14)22-18(24-19)12-7-8-12/h3-6,10,12H,2,7-9,11H2,1H3,(H,21,23,25). The molecule has 3 aromatic rings. The molecular formula is C20H20N4O3S2. The summed E-state index contributed by atoms with van der Waals surface area (Å²) >= 11 is 2.69. The Morgan fingerprint density at radius 1 is 1.24 bits per heavy atom. The first-order chi connectivity index (χ1) is 14.1. The third kappa shape index (κ3) is 5.10. The lowest BCUT2D eigenvalue weighted by atomic mass is 10.2. The minimum atomic E-state index is -0.326. The van der Waals surface area contributed by atoms with Crippen molar-refractivity contribution in [3.05, 3.63) is 41.2 Å². The van der Waals surface area contributed by atoms with Gasteiger partial charge in [0.05, 0.1) is 30.0 Å². The van der Waals surface area contributed by atoms with Crippen LogP contribution in [0.2, 0.25) is 0 Å². The number of thioether (sulfide) groups is 1. The zero-order valence-electron chi connectivity index (χ0n) is 15.9. The first kappa shape index (κ1) is 19.8. The molecule has 0 spiro atoms. The van der Waals surface area contributed by atoms with Crippen molar-refractivity contribution in [3.63, 3.8) is 0 Å². The average Bonchev–Trinajstić information content (AvgIpc) is 3.48. The number of hydrogen-bond donors (Lipinski definition) is 1. The molecule has 2 heterocycles. The predicted molar refractivity (Wildman–Crippen MR) is 113 cm³/mol. The summed E-state index contributed by atoms with van der Waals surface area (Å²) < 4.78 is 4.91. The molecule has 7 nitrogen and oxygen atoms in total. The Bertz CT molecular complexity index is 1050. The number of aromatic nitrogens is 3. The average molecular weight is 429 g/mol. The molecule has 2 aromatic heterocycles. The van der Waals surface area contributed by atoms with Gasteiger partial charge in [-0.1, -0.05) is 30.0 Å². The van der Waals surface area contributed by atoms with Gasteiger partial charge in [0, 0.05) is 16.7 Å². The topological polar surface area (TPSA) is 94.1 Å². The molecule has 0 radical (unpaired) electrons. The largest absolute Gasteiger partial charge is 0.466 e. The number of nitrogens with one attached hydrogen (secondary N) is 1. The maximum Gasteiger partial charge on any atom is 0.311 e. The minimum absolute atomic E-state index is 0.103. The van der Waals surface area contributed by atoms with E-state index in [9.17, 15) is 9.59 Å². The van der Waals surface area contributed by atoms with Gasteiger partial charge in [-0.15, -0.1) is 11.3 Å². The molecule has 1 aromatic carbocycles. The second-order valence-electron chi connectivity index (χ2n) is 6.64. The van der Waals surface area contributed by atoms with Gasteiger partial charge in [-0.05, 0) is 25.8 Å². The van der Waals surface area contributed by atoms with Crippen molar-refractivity contribution in [1.82, 2.24) is 15.0 Å². The van der Waals surface area contributed by atoms with Gasteiger partial charge in [0.25, 0.3) is 0 Å². The summed E-state index contributed by atoms with van der Waals surface area (Å²) in [4.78, 5) is 37.6. The quantitative estimate of drug-likeness (QED) is 0.331. The minimum Gasteiger partial charge on any atom is -0.466 e. The van der Waals surface area contributed by atoms with Crippen LogP contribution in [-0.4, -0.2) is 39.2 Å². The van der Waals surface area contributed by atoms with Gasteiger partial charge in [0.2, 0.25) is 5.91 Å². The third-order valence-corrected chi connectivity index (χ3v) is 6.09. The Kier molecular flexibility index (Phi) is 6.05. The van der Waals surface area contributed by atoms with Crippen molar-refractivity contribution in [1.29, 1.82) is 0 Å². The van der Waals surface area contributed by atoms with Crippen LogP contribution in [0.3, 0.4) is 0 Å². The maximum atomic E-state index is 12.4. The van der Waals surface area contributed by atoms with Gasteiger partial charge in [-0.2, -0.15) is 0 Å². The fourth-order valence-corrected chi connectivity index (χ4v) is 4.35. The van der Waals surface area contributed by atoms with E-state index in [-0.39, 0.29) is 24.1 Å². The second-order valence-corrected chi connectivity index (χ2v) is 8.46. The first-order valence-electron chi connectivity index (χ1n) is 9.41. The number of para-hydroxylation sites is 1. The summed E-state index contributed by atoms with van der Waals surface area (Å²) in [6, 6.07) is 7.87. The van der Waals surface area contributed by atoms with Crippen molar-refractivity contribution in [2.75, 3.05) is 17.7 Å². The number of thiazole rings is 1. The molecule has 1 fully saturated rings. The van der Waals surface area contributed by atoms with Crippen molar-refractivity contribution >= 4 is 51.0 Å². The Morgan fingerprint density at radius 2 is 2.07 bits per heavy atom. The van der Waals surface area contributed by atoms with E-state index in [0.717, 1.165) is 34.6 Å². The number of rotatable bonds is 8. The number of fused-ring (bicyclic) bond motifs is 1. The molecule has 0 atom stereocenters. The van der Waals surface area contributed by atoms with Crippen LogP contribution in [0.5, 0.6) is 0 Å². The molecule has 1 aliphatic rings. The van der Waals surface area contributed by atoms with Crippen LogP contribution in [0.4, 0.5) is 5.13 Å². The SMILES string of the molecule is CCOC(=O)Cc1csc(NC(=O)CSc2nc(C3CC3)nc3ccccc23)n1. The summed E-state index contributed by atoms with van der Waals surface area (Å²) in [5.41, 5.74) is 1.50. The van der Waals surface area contributed by atoms with Crippen LogP contribution in [0.1, 0.15) is 37.2 Å². The molecule has 0 unspecified atom stereocenters. The summed E-state index contributed by atoms with van der Waals surface area (Å²) in [5.74, 6) is 1.05. The lowest BCUT2D eigenvalue weighted by Gasteiger charge is -2.08. The summed E-state index contributed by atoms with van der Waals surface area (Å²) in [6.07, 6.45) is 2.36. The van der Waals surface area contributed by atoms with Crippen LogP contribution < -0.4 is 5.32 Å². The van der Waals surface area contributed by atoms with Crippen molar-refractivity contribution in [2.45, 2.75) is 37.1 Å². The molecule has 1 amide bonds. The molecule has 1 saturated carbocycles. The van der Waals surface area contributed by atoms with E-state index in [1.165, 1.54) is 23.1 Å². The molecule has 4 rings (SSSR count). The van der Waals surface area contributed by atoms with Crippen LogP contribution in [-0.2, 0) is 20.7 Å². The van der Waals surface area contributed by atoms with Gasteiger partial charge < -0.3 is 10.1 Å². The number of esters is 1. The lowest BCUT2D eigenvalue weighted by molar-refractivity contribution is -0.142. The highest BCUT2D eigenvalue weighted by molar-refractivity contribution is 8.00. The zero-order valence-corrected chi connectivity index (χ0v) is 17.5. The zero-order chi connectivity index (χ0) is 20.2. The molecule has 1 aliphatic carbocycles. The van der Waals surface area contributed by atoms with Crippen LogP contribution in [0, 0.1) is 0 Å². The number of benzene rings is 1. The van der Waals surface area contributed by atoms with E-state index in [1.54, 1.807) is 12.3 Å². The number of ether oxygens (including phenoxy) is 1. The molecular weight excluding hydrogens is 408 g/mol. The predicted octanol–water partition coefficient (Wildman–Crippen LogP) is 3.80. The second kappa shape index (κ2) is 8.87. The van der Waals surface area contributed by atoms with E-state index in [1.807, 2.05) is 24.3 Å². The monoisotopic (exact) mass is 428 g/mol. The normalized spacial score (nSPS) is 13.4.